The van der Waals surface area contributed by atoms with E-state index in [1.54, 1.807) is 0 Å². The topological polar surface area (TPSA) is 73.2 Å². The van der Waals surface area contributed by atoms with E-state index in [0.717, 1.165) is 38.8 Å². The minimum absolute atomic E-state index is 0.0397. The van der Waals surface area contributed by atoms with Gasteiger partial charge in [-0.1, -0.05) is 26.8 Å². The molecule has 2 atom stereocenters. The van der Waals surface area contributed by atoms with Crippen LogP contribution in [0.25, 0.3) is 0 Å². The lowest BCUT2D eigenvalue weighted by atomic mass is 9.81. The van der Waals surface area contributed by atoms with E-state index in [4.69, 9.17) is 5.26 Å². The van der Waals surface area contributed by atoms with Gasteiger partial charge in [0.1, 0.15) is 6.42 Å². The van der Waals surface area contributed by atoms with E-state index in [-0.39, 0.29) is 18.2 Å². The molecule has 1 aliphatic heterocycles. The molecule has 1 rings (SSSR count). The van der Waals surface area contributed by atoms with Crippen LogP contribution in [-0.2, 0) is 9.59 Å². The zero-order chi connectivity index (χ0) is 17.2. The zero-order valence-electron chi connectivity index (χ0n) is 14.4. The van der Waals surface area contributed by atoms with Crippen LogP contribution >= 0.6 is 0 Å². The van der Waals surface area contributed by atoms with Crippen LogP contribution in [0.1, 0.15) is 46.0 Å². The molecule has 0 aromatic heterocycles. The Morgan fingerprint density at radius 2 is 2.00 bits per heavy atom. The molecule has 0 aromatic carbocycles. The Bertz CT molecular complexity index is 448. The summed E-state index contributed by atoms with van der Waals surface area (Å²) in [5.41, 5.74) is 0. The number of hydrogen-bond donors (Lipinski definition) is 1. The molecule has 2 unspecified atom stereocenters. The van der Waals surface area contributed by atoms with Gasteiger partial charge in [-0.2, -0.15) is 5.26 Å². The molecule has 0 radical (unpaired) electrons. The molecule has 5 heteroatoms. The first-order valence-electron chi connectivity index (χ1n) is 8.52. The maximum atomic E-state index is 11.6. The lowest BCUT2D eigenvalue weighted by Gasteiger charge is -2.34. The first-order chi connectivity index (χ1) is 11.0. The Balaban J connectivity index is 2.23. The van der Waals surface area contributed by atoms with Crippen LogP contribution in [0.4, 0.5) is 0 Å². The van der Waals surface area contributed by atoms with Crippen molar-refractivity contribution in [3.05, 3.63) is 12.7 Å². The molecule has 0 saturated carbocycles. The summed E-state index contributed by atoms with van der Waals surface area (Å²) in [6.45, 7) is 10.3. The predicted molar refractivity (Wildman–Crippen MR) is 90.3 cm³/mol. The second kappa shape index (κ2) is 10.0. The molecule has 0 bridgehead atoms. The number of amides is 2. The van der Waals surface area contributed by atoms with Crippen molar-refractivity contribution >= 4 is 11.8 Å². The maximum absolute atomic E-state index is 11.6. The minimum atomic E-state index is -0.188. The number of piperidine rings is 1. The number of carbonyl (C=O) groups excluding carboxylic acids is 2. The van der Waals surface area contributed by atoms with E-state index in [0.29, 0.717) is 24.3 Å². The first kappa shape index (κ1) is 19.2. The van der Waals surface area contributed by atoms with Crippen molar-refractivity contribution in [3.63, 3.8) is 0 Å². The second-order valence-corrected chi connectivity index (χ2v) is 6.67. The number of hydrogen-bond acceptors (Lipinski definition) is 3. The molecule has 128 valence electrons. The van der Waals surface area contributed by atoms with Crippen LogP contribution in [0.3, 0.4) is 0 Å². The van der Waals surface area contributed by atoms with Crippen molar-refractivity contribution in [1.29, 1.82) is 5.26 Å². The smallest absolute Gasteiger partial charge is 0.245 e. The molecule has 23 heavy (non-hydrogen) atoms. The summed E-state index contributed by atoms with van der Waals surface area (Å²) < 4.78 is 0. The summed E-state index contributed by atoms with van der Waals surface area (Å²) in [6.07, 6.45) is 5.66. The summed E-state index contributed by atoms with van der Waals surface area (Å²) in [5.74, 6) is 1.57. The van der Waals surface area contributed by atoms with E-state index in [2.05, 4.69) is 25.7 Å². The van der Waals surface area contributed by atoms with Crippen molar-refractivity contribution in [1.82, 2.24) is 10.2 Å². The predicted octanol–water partition coefficient (Wildman–Crippen LogP) is 2.49. The highest BCUT2D eigenvalue weighted by molar-refractivity contribution is 5.87. The first-order valence-corrected chi connectivity index (χ1v) is 8.52. The van der Waals surface area contributed by atoms with E-state index < -0.39 is 0 Å². The fourth-order valence-electron chi connectivity index (χ4n) is 3.13. The Morgan fingerprint density at radius 3 is 2.57 bits per heavy atom. The fraction of sp³-hybridized carbons (Fsp3) is 0.722. The van der Waals surface area contributed by atoms with Crippen LogP contribution in [0, 0.1) is 29.1 Å². The van der Waals surface area contributed by atoms with Gasteiger partial charge in [-0.25, -0.2) is 0 Å². The van der Waals surface area contributed by atoms with Gasteiger partial charge in [0.15, 0.2) is 0 Å². The number of carbonyl (C=O) groups is 2. The Morgan fingerprint density at radius 1 is 1.35 bits per heavy atom. The molecule has 5 nitrogen and oxygen atoms in total. The third-order valence-corrected chi connectivity index (χ3v) is 4.83. The van der Waals surface area contributed by atoms with Gasteiger partial charge in [-0.3, -0.25) is 9.59 Å². The van der Waals surface area contributed by atoms with Crippen molar-refractivity contribution in [3.8, 4) is 6.07 Å². The third kappa shape index (κ3) is 6.85. The van der Waals surface area contributed by atoms with Gasteiger partial charge in [0, 0.05) is 19.6 Å². The number of nitrogens with one attached hydrogen (secondary N) is 1. The van der Waals surface area contributed by atoms with Gasteiger partial charge in [-0.05, 0) is 43.1 Å². The standard InChI is InChI=1S/C18H29N3O2/c1-4-18(23)21-11-8-16(9-12-21)15(3)6-5-14(2)13-20-17(22)7-10-19/h4,14-16H,1,5-9,11-13H2,2-3H3,(H,20,22). The number of likely N-dealkylation sites (tertiary alicyclic amines) is 1. The summed E-state index contributed by atoms with van der Waals surface area (Å²) >= 11 is 0. The lowest BCUT2D eigenvalue weighted by Crippen LogP contribution is -2.39. The minimum Gasteiger partial charge on any atom is -0.355 e. The Hall–Kier alpha value is -1.83. The molecule has 0 spiro atoms. The number of nitrogens with zero attached hydrogens (tertiary/aromatic N) is 2. The molecule has 1 fully saturated rings. The molecule has 1 saturated heterocycles. The zero-order valence-corrected chi connectivity index (χ0v) is 14.4. The Labute approximate surface area is 139 Å². The highest BCUT2D eigenvalue weighted by atomic mass is 16.2. The second-order valence-electron chi connectivity index (χ2n) is 6.67. The molecule has 1 aliphatic rings. The quantitative estimate of drug-likeness (QED) is 0.699. The summed E-state index contributed by atoms with van der Waals surface area (Å²) in [7, 11) is 0. The van der Waals surface area contributed by atoms with E-state index in [1.165, 1.54) is 6.08 Å². The molecule has 0 aromatic rings. The number of rotatable bonds is 8. The largest absolute Gasteiger partial charge is 0.355 e. The van der Waals surface area contributed by atoms with Crippen LogP contribution in [0.5, 0.6) is 0 Å². The molecule has 1 N–H and O–H groups in total. The monoisotopic (exact) mass is 319 g/mol. The highest BCUT2D eigenvalue weighted by Gasteiger charge is 2.25. The van der Waals surface area contributed by atoms with Crippen LogP contribution in [-0.4, -0.2) is 36.3 Å². The van der Waals surface area contributed by atoms with Gasteiger partial charge in [0.2, 0.25) is 11.8 Å². The summed E-state index contributed by atoms with van der Waals surface area (Å²) in [5, 5.41) is 11.2. The van der Waals surface area contributed by atoms with Crippen LogP contribution < -0.4 is 5.32 Å². The normalized spacial score (nSPS) is 17.9. The molecule has 2 amide bonds. The van der Waals surface area contributed by atoms with Gasteiger partial charge in [-0.15, -0.1) is 0 Å². The Kier molecular flexibility index (Phi) is 8.39. The van der Waals surface area contributed by atoms with Gasteiger partial charge in [0.25, 0.3) is 0 Å². The summed E-state index contributed by atoms with van der Waals surface area (Å²) in [6, 6.07) is 1.85. The SMILES string of the molecule is C=CC(=O)N1CCC(C(C)CCC(C)CNC(=O)CC#N)CC1. The van der Waals surface area contributed by atoms with Gasteiger partial charge in [0.05, 0.1) is 6.07 Å². The van der Waals surface area contributed by atoms with Gasteiger partial charge >= 0.3 is 0 Å². The van der Waals surface area contributed by atoms with Crippen LogP contribution in [0.2, 0.25) is 0 Å². The van der Waals surface area contributed by atoms with Crippen molar-refractivity contribution in [2.75, 3.05) is 19.6 Å². The van der Waals surface area contributed by atoms with Crippen LogP contribution in [0.15, 0.2) is 12.7 Å². The van der Waals surface area contributed by atoms with E-state index >= 15 is 0 Å². The lowest BCUT2D eigenvalue weighted by molar-refractivity contribution is -0.127. The average molecular weight is 319 g/mol. The van der Waals surface area contributed by atoms with Gasteiger partial charge < -0.3 is 10.2 Å². The fourth-order valence-corrected chi connectivity index (χ4v) is 3.13. The van der Waals surface area contributed by atoms with Crippen molar-refractivity contribution < 1.29 is 9.59 Å². The third-order valence-electron chi connectivity index (χ3n) is 4.83. The highest BCUT2D eigenvalue weighted by Crippen LogP contribution is 2.29. The van der Waals surface area contributed by atoms with E-state index in [9.17, 15) is 9.59 Å². The van der Waals surface area contributed by atoms with Crippen molar-refractivity contribution in [2.24, 2.45) is 17.8 Å². The van der Waals surface area contributed by atoms with Crippen molar-refractivity contribution in [2.45, 2.75) is 46.0 Å². The summed E-state index contributed by atoms with van der Waals surface area (Å²) in [4.78, 5) is 24.7. The molecular formula is C18H29N3O2. The van der Waals surface area contributed by atoms with E-state index in [1.807, 2.05) is 11.0 Å². The maximum Gasteiger partial charge on any atom is 0.245 e. The average Bonchev–Trinajstić information content (AvgIpc) is 2.57. The molecule has 1 heterocycles. The molecule has 0 aliphatic carbocycles. The number of nitriles is 1. The molecular weight excluding hydrogens is 290 g/mol.